The largest absolute Gasteiger partial charge is 0.379 e. The van der Waals surface area contributed by atoms with E-state index in [4.69, 9.17) is 4.74 Å². The number of hydrogen-bond donors (Lipinski definition) is 2. The summed E-state index contributed by atoms with van der Waals surface area (Å²) < 4.78 is 5.40. The van der Waals surface area contributed by atoms with Crippen LogP contribution in [0, 0.1) is 0 Å². The summed E-state index contributed by atoms with van der Waals surface area (Å²) in [7, 11) is 0. The maximum atomic E-state index is 12.4. The Labute approximate surface area is 159 Å². The number of hydrogen-bond acceptors (Lipinski definition) is 5. The number of nitrogens with one attached hydrogen (secondary N) is 2. The van der Waals surface area contributed by atoms with Gasteiger partial charge in [0, 0.05) is 18.4 Å². The van der Waals surface area contributed by atoms with Crippen LogP contribution < -0.4 is 10.6 Å². The topological polar surface area (TPSA) is 75.6 Å². The first-order chi connectivity index (χ1) is 13.2. The second-order valence-corrected chi connectivity index (χ2v) is 7.08. The summed E-state index contributed by atoms with van der Waals surface area (Å²) in [6, 6.07) is 12.2. The third-order valence-electron chi connectivity index (χ3n) is 5.00. The second kappa shape index (κ2) is 7.88. The van der Waals surface area contributed by atoms with Crippen molar-refractivity contribution < 1.29 is 9.53 Å². The second-order valence-electron chi connectivity index (χ2n) is 7.08. The van der Waals surface area contributed by atoms with E-state index < -0.39 is 0 Å². The molecule has 0 aliphatic carbocycles. The van der Waals surface area contributed by atoms with Gasteiger partial charge in [-0.25, -0.2) is 0 Å². The average molecular weight is 364 g/mol. The number of rotatable bonds is 5. The normalized spacial score (nSPS) is 19.3. The molecule has 1 unspecified atom stereocenters. The summed E-state index contributed by atoms with van der Waals surface area (Å²) >= 11 is 0. The van der Waals surface area contributed by atoms with Crippen molar-refractivity contribution >= 4 is 11.7 Å². The molecule has 2 atom stereocenters. The van der Waals surface area contributed by atoms with E-state index in [1.54, 1.807) is 0 Å². The molecule has 0 saturated carbocycles. The lowest BCUT2D eigenvalue weighted by Crippen LogP contribution is -2.35. The van der Waals surface area contributed by atoms with Crippen molar-refractivity contribution in [3.8, 4) is 0 Å². The van der Waals surface area contributed by atoms with Gasteiger partial charge in [-0.3, -0.25) is 14.8 Å². The minimum atomic E-state index is -0.0285. The van der Waals surface area contributed by atoms with E-state index in [1.807, 2.05) is 49.5 Å². The predicted molar refractivity (Wildman–Crippen MR) is 104 cm³/mol. The lowest BCUT2D eigenvalue weighted by molar-refractivity contribution is -0.121. The zero-order valence-electron chi connectivity index (χ0n) is 15.4. The number of carbonyl (C=O) groups excluding carboxylic acids is 1. The molecule has 1 aromatic carbocycles. The van der Waals surface area contributed by atoms with Crippen molar-refractivity contribution in [2.75, 3.05) is 13.2 Å². The van der Waals surface area contributed by atoms with Crippen LogP contribution in [0.15, 0.2) is 47.6 Å². The molecule has 6 nitrogen and oxygen atoms in total. The van der Waals surface area contributed by atoms with Gasteiger partial charge in [0.05, 0.1) is 37.4 Å². The molecule has 140 valence electrons. The lowest BCUT2D eigenvalue weighted by atomic mass is 10.1. The molecular weight excluding hydrogens is 340 g/mol. The quantitative estimate of drug-likeness (QED) is 0.852. The molecule has 1 aromatic heterocycles. The van der Waals surface area contributed by atoms with Crippen molar-refractivity contribution in [3.05, 3.63) is 65.0 Å². The van der Waals surface area contributed by atoms with Crippen LogP contribution in [0.2, 0.25) is 0 Å². The summed E-state index contributed by atoms with van der Waals surface area (Å²) in [6.07, 6.45) is 3.09. The number of fused-ring (bicyclic) bond motifs is 1. The first kappa shape index (κ1) is 17.7. The molecular formula is C21H24N4O2. The van der Waals surface area contributed by atoms with Crippen molar-refractivity contribution in [1.82, 2.24) is 15.6 Å². The molecule has 1 fully saturated rings. The number of amides is 1. The Morgan fingerprint density at radius 2 is 2.19 bits per heavy atom. The third-order valence-corrected chi connectivity index (χ3v) is 5.00. The van der Waals surface area contributed by atoms with E-state index >= 15 is 0 Å². The Balaban J connectivity index is 1.36. The fourth-order valence-corrected chi connectivity index (χ4v) is 3.48. The maximum absolute atomic E-state index is 12.4. The Hall–Kier alpha value is -2.73. The van der Waals surface area contributed by atoms with Crippen LogP contribution >= 0.6 is 0 Å². The highest BCUT2D eigenvalue weighted by Gasteiger charge is 2.23. The van der Waals surface area contributed by atoms with E-state index in [-0.39, 0.29) is 18.4 Å². The molecule has 27 heavy (non-hydrogen) atoms. The molecule has 1 saturated heterocycles. The minimum absolute atomic E-state index is 0.0270. The van der Waals surface area contributed by atoms with Crippen molar-refractivity contribution in [3.63, 3.8) is 0 Å². The van der Waals surface area contributed by atoms with E-state index in [2.05, 4.69) is 20.6 Å². The number of aliphatic imine (C=N–C) groups is 1. The monoisotopic (exact) mass is 364 g/mol. The number of ether oxygens (including phenoxy) is 1. The lowest BCUT2D eigenvalue weighted by Gasteiger charge is -2.15. The Morgan fingerprint density at radius 3 is 2.96 bits per heavy atom. The van der Waals surface area contributed by atoms with Gasteiger partial charge < -0.3 is 15.4 Å². The van der Waals surface area contributed by atoms with Crippen molar-refractivity contribution in [2.24, 2.45) is 4.99 Å². The van der Waals surface area contributed by atoms with Crippen molar-refractivity contribution in [1.29, 1.82) is 0 Å². The van der Waals surface area contributed by atoms with Crippen LogP contribution in [0.5, 0.6) is 0 Å². The number of amidine groups is 1. The van der Waals surface area contributed by atoms with Gasteiger partial charge in [0.2, 0.25) is 5.91 Å². The highest BCUT2D eigenvalue weighted by molar-refractivity contribution is 6.02. The first-order valence-electron chi connectivity index (χ1n) is 9.40. The molecule has 6 heteroatoms. The molecule has 2 aliphatic heterocycles. The minimum Gasteiger partial charge on any atom is -0.379 e. The van der Waals surface area contributed by atoms with E-state index in [0.717, 1.165) is 47.9 Å². The fourth-order valence-electron chi connectivity index (χ4n) is 3.48. The average Bonchev–Trinajstić information content (AvgIpc) is 3.33. The Bertz CT molecular complexity index is 845. The molecule has 0 radical (unpaired) electrons. The van der Waals surface area contributed by atoms with E-state index in [1.165, 1.54) is 0 Å². The predicted octanol–water partition coefficient (Wildman–Crippen LogP) is 2.14. The highest BCUT2D eigenvalue weighted by Crippen LogP contribution is 2.19. The molecule has 2 aromatic rings. The summed E-state index contributed by atoms with van der Waals surface area (Å²) in [5.74, 6) is 0.862. The van der Waals surface area contributed by atoms with Crippen LogP contribution in [0.1, 0.15) is 41.8 Å². The summed E-state index contributed by atoms with van der Waals surface area (Å²) in [6.45, 7) is 4.13. The molecule has 2 N–H and O–H groups in total. The molecule has 4 rings (SSSR count). The Kier molecular flexibility index (Phi) is 5.16. The van der Waals surface area contributed by atoms with Gasteiger partial charge in [0.25, 0.3) is 0 Å². The summed E-state index contributed by atoms with van der Waals surface area (Å²) in [5, 5.41) is 6.48. The van der Waals surface area contributed by atoms with Gasteiger partial charge >= 0.3 is 0 Å². The van der Waals surface area contributed by atoms with Gasteiger partial charge in [0.15, 0.2) is 0 Å². The smallest absolute Gasteiger partial charge is 0.226 e. The van der Waals surface area contributed by atoms with Gasteiger partial charge in [-0.1, -0.05) is 30.3 Å². The van der Waals surface area contributed by atoms with Gasteiger partial charge in [-0.15, -0.1) is 0 Å². The molecule has 0 spiro atoms. The number of nitrogens with zero attached hydrogens (tertiary/aromatic N) is 2. The summed E-state index contributed by atoms with van der Waals surface area (Å²) in [5.41, 5.74) is 4.01. The fraction of sp³-hybridized carbons (Fsp3) is 0.381. The van der Waals surface area contributed by atoms with Gasteiger partial charge in [-0.05, 0) is 30.5 Å². The zero-order chi connectivity index (χ0) is 18.6. The van der Waals surface area contributed by atoms with E-state index in [0.29, 0.717) is 12.6 Å². The standard InChI is InChI=1S/C21H24N4O2/c1-14(15-5-3-2-4-6-15)24-20(26)10-18-9-16-11-23-21(19(16)12-22-18)25-17-7-8-27-13-17/h2-6,9,12,14,17H,7-8,10-11,13H2,1H3,(H,23,25)(H,24,26)/t14-,17?/m1/s1. The van der Waals surface area contributed by atoms with Crippen molar-refractivity contribution in [2.45, 2.75) is 38.4 Å². The summed E-state index contributed by atoms with van der Waals surface area (Å²) in [4.78, 5) is 21.5. The van der Waals surface area contributed by atoms with Crippen LogP contribution in [0.25, 0.3) is 0 Å². The number of pyridine rings is 1. The molecule has 0 bridgehead atoms. The Morgan fingerprint density at radius 1 is 1.33 bits per heavy atom. The van der Waals surface area contributed by atoms with Crippen LogP contribution in [0.4, 0.5) is 0 Å². The highest BCUT2D eigenvalue weighted by atomic mass is 16.5. The van der Waals surface area contributed by atoms with Crippen LogP contribution in [-0.2, 0) is 22.5 Å². The molecule has 1 amide bonds. The zero-order valence-corrected chi connectivity index (χ0v) is 15.4. The van der Waals surface area contributed by atoms with E-state index in [9.17, 15) is 4.79 Å². The molecule has 2 aliphatic rings. The number of benzene rings is 1. The number of carbonyl (C=O) groups is 1. The van der Waals surface area contributed by atoms with Crippen LogP contribution in [-0.4, -0.2) is 36.0 Å². The SMILES string of the molecule is C[C@@H](NC(=O)Cc1cc2c(cn1)C(NC1CCOC1)=NC2)c1ccccc1. The van der Waals surface area contributed by atoms with Gasteiger partial charge in [0.1, 0.15) is 5.84 Å². The molecule has 3 heterocycles. The van der Waals surface area contributed by atoms with Gasteiger partial charge in [-0.2, -0.15) is 0 Å². The first-order valence-corrected chi connectivity index (χ1v) is 9.40. The van der Waals surface area contributed by atoms with Crippen LogP contribution in [0.3, 0.4) is 0 Å². The maximum Gasteiger partial charge on any atom is 0.226 e. The third kappa shape index (κ3) is 4.17. The number of aromatic nitrogens is 1.